The highest BCUT2D eigenvalue weighted by atomic mass is 16.1. The Morgan fingerprint density at radius 2 is 2.19 bits per heavy atom. The number of carbonyl (C=O) groups excluding carboxylic acids is 1. The van der Waals surface area contributed by atoms with Gasteiger partial charge < -0.3 is 10.6 Å². The molecule has 0 aliphatic carbocycles. The lowest BCUT2D eigenvalue weighted by atomic mass is 10.3. The molecule has 4 nitrogen and oxygen atoms in total. The Hall–Kier alpha value is -1.42. The number of rotatable bonds is 5. The number of hydrogen-bond acceptors (Lipinski definition) is 3. The number of pyridine rings is 1. The van der Waals surface area contributed by atoms with Gasteiger partial charge in [-0.25, -0.2) is 4.98 Å². The molecule has 0 saturated heterocycles. The largest absolute Gasteiger partial charge is 0.314 e. The number of aryl methyl sites for hydroxylation is 1. The molecule has 2 N–H and O–H groups in total. The highest BCUT2D eigenvalue weighted by Crippen LogP contribution is 2.03. The van der Waals surface area contributed by atoms with Gasteiger partial charge in [0.2, 0.25) is 5.91 Å². The molecule has 0 spiro atoms. The highest BCUT2D eigenvalue weighted by molar-refractivity contribution is 5.89. The van der Waals surface area contributed by atoms with E-state index in [1.54, 1.807) is 6.20 Å². The molecule has 1 aromatic rings. The zero-order valence-electron chi connectivity index (χ0n) is 10.1. The SMILES string of the molecule is Cc1ccc(NC(=O)CCNC(C)C)nc1. The molecular weight excluding hydrogens is 202 g/mol. The Morgan fingerprint density at radius 3 is 2.75 bits per heavy atom. The predicted molar refractivity (Wildman–Crippen MR) is 65.4 cm³/mol. The van der Waals surface area contributed by atoms with Crippen LogP contribution in [0.2, 0.25) is 0 Å². The van der Waals surface area contributed by atoms with Gasteiger partial charge in [-0.15, -0.1) is 0 Å². The molecule has 0 fully saturated rings. The van der Waals surface area contributed by atoms with Gasteiger partial charge in [0.15, 0.2) is 0 Å². The Kier molecular flexibility index (Phi) is 4.92. The van der Waals surface area contributed by atoms with Crippen molar-refractivity contribution in [1.29, 1.82) is 0 Å². The third-order valence-corrected chi connectivity index (χ3v) is 2.08. The van der Waals surface area contributed by atoms with Gasteiger partial charge in [0.25, 0.3) is 0 Å². The van der Waals surface area contributed by atoms with Crippen molar-refractivity contribution in [2.24, 2.45) is 0 Å². The van der Waals surface area contributed by atoms with Crippen LogP contribution in [0.1, 0.15) is 25.8 Å². The van der Waals surface area contributed by atoms with Crippen LogP contribution in [0.15, 0.2) is 18.3 Å². The van der Waals surface area contributed by atoms with E-state index in [-0.39, 0.29) is 5.91 Å². The van der Waals surface area contributed by atoms with Crippen LogP contribution in [0.3, 0.4) is 0 Å². The van der Waals surface area contributed by atoms with Crippen molar-refractivity contribution in [2.75, 3.05) is 11.9 Å². The molecule has 0 saturated carbocycles. The topological polar surface area (TPSA) is 54.0 Å². The Balaban J connectivity index is 2.31. The molecule has 1 rings (SSSR count). The fourth-order valence-corrected chi connectivity index (χ4v) is 1.22. The minimum absolute atomic E-state index is 0.00972. The Morgan fingerprint density at radius 1 is 1.44 bits per heavy atom. The summed E-state index contributed by atoms with van der Waals surface area (Å²) in [6.07, 6.45) is 2.20. The first-order valence-electron chi connectivity index (χ1n) is 5.54. The summed E-state index contributed by atoms with van der Waals surface area (Å²) in [6, 6.07) is 4.14. The van der Waals surface area contributed by atoms with Crippen LogP contribution in [0.25, 0.3) is 0 Å². The second kappa shape index (κ2) is 6.23. The molecular formula is C12H19N3O. The van der Waals surface area contributed by atoms with Crippen molar-refractivity contribution in [3.63, 3.8) is 0 Å². The Labute approximate surface area is 96.5 Å². The van der Waals surface area contributed by atoms with E-state index in [0.29, 0.717) is 24.8 Å². The second-order valence-electron chi connectivity index (χ2n) is 4.13. The van der Waals surface area contributed by atoms with Crippen LogP contribution in [-0.2, 0) is 4.79 Å². The van der Waals surface area contributed by atoms with E-state index < -0.39 is 0 Å². The first-order valence-corrected chi connectivity index (χ1v) is 5.54. The van der Waals surface area contributed by atoms with Gasteiger partial charge >= 0.3 is 0 Å². The Bertz CT molecular complexity index is 333. The number of aromatic nitrogens is 1. The van der Waals surface area contributed by atoms with Crippen LogP contribution in [0.4, 0.5) is 5.82 Å². The van der Waals surface area contributed by atoms with Gasteiger partial charge in [-0.1, -0.05) is 19.9 Å². The number of anilines is 1. The lowest BCUT2D eigenvalue weighted by Crippen LogP contribution is -2.27. The molecule has 0 bridgehead atoms. The third-order valence-electron chi connectivity index (χ3n) is 2.08. The molecule has 0 atom stereocenters. The van der Waals surface area contributed by atoms with E-state index in [1.165, 1.54) is 0 Å². The smallest absolute Gasteiger partial charge is 0.226 e. The molecule has 0 aliphatic heterocycles. The molecule has 1 amide bonds. The highest BCUT2D eigenvalue weighted by Gasteiger charge is 2.02. The number of hydrogen-bond donors (Lipinski definition) is 2. The van der Waals surface area contributed by atoms with E-state index in [1.807, 2.05) is 19.1 Å². The first-order chi connectivity index (χ1) is 7.58. The van der Waals surface area contributed by atoms with E-state index in [9.17, 15) is 4.79 Å². The van der Waals surface area contributed by atoms with Gasteiger partial charge in [0.05, 0.1) is 0 Å². The quantitative estimate of drug-likeness (QED) is 0.796. The maximum atomic E-state index is 11.5. The fourth-order valence-electron chi connectivity index (χ4n) is 1.22. The van der Waals surface area contributed by atoms with Gasteiger partial charge in [-0.2, -0.15) is 0 Å². The molecule has 16 heavy (non-hydrogen) atoms. The minimum atomic E-state index is -0.00972. The normalized spacial score (nSPS) is 10.5. The third kappa shape index (κ3) is 4.89. The first kappa shape index (κ1) is 12.6. The van der Waals surface area contributed by atoms with Gasteiger partial charge in [0.1, 0.15) is 5.82 Å². The summed E-state index contributed by atoms with van der Waals surface area (Å²) < 4.78 is 0. The number of nitrogens with one attached hydrogen (secondary N) is 2. The molecule has 88 valence electrons. The predicted octanol–water partition coefficient (Wildman–Crippen LogP) is 1.72. The summed E-state index contributed by atoms with van der Waals surface area (Å²) in [5.41, 5.74) is 1.08. The summed E-state index contributed by atoms with van der Waals surface area (Å²) in [6.45, 7) is 6.76. The molecule has 1 aromatic heterocycles. The van der Waals surface area contributed by atoms with Crippen LogP contribution >= 0.6 is 0 Å². The van der Waals surface area contributed by atoms with Crippen molar-refractivity contribution >= 4 is 11.7 Å². The van der Waals surface area contributed by atoms with Crippen LogP contribution in [-0.4, -0.2) is 23.5 Å². The number of amides is 1. The zero-order chi connectivity index (χ0) is 12.0. The van der Waals surface area contributed by atoms with E-state index in [4.69, 9.17) is 0 Å². The molecule has 0 radical (unpaired) electrons. The van der Waals surface area contributed by atoms with E-state index >= 15 is 0 Å². The van der Waals surface area contributed by atoms with Gasteiger partial charge in [-0.05, 0) is 18.6 Å². The number of nitrogens with zero attached hydrogens (tertiary/aromatic N) is 1. The summed E-state index contributed by atoms with van der Waals surface area (Å²) in [5, 5.41) is 5.94. The van der Waals surface area contributed by atoms with Gasteiger partial charge in [0, 0.05) is 25.2 Å². The summed E-state index contributed by atoms with van der Waals surface area (Å²) in [7, 11) is 0. The van der Waals surface area contributed by atoms with Crippen molar-refractivity contribution < 1.29 is 4.79 Å². The maximum Gasteiger partial charge on any atom is 0.226 e. The standard InChI is InChI=1S/C12H19N3O/c1-9(2)13-7-6-12(16)15-11-5-4-10(3)8-14-11/h4-5,8-9,13H,6-7H2,1-3H3,(H,14,15,16). The van der Waals surface area contributed by atoms with E-state index in [0.717, 1.165) is 5.56 Å². The minimum Gasteiger partial charge on any atom is -0.314 e. The maximum absolute atomic E-state index is 11.5. The van der Waals surface area contributed by atoms with Crippen molar-refractivity contribution in [1.82, 2.24) is 10.3 Å². The van der Waals surface area contributed by atoms with E-state index in [2.05, 4.69) is 29.5 Å². The molecule has 0 aliphatic rings. The van der Waals surface area contributed by atoms with Crippen molar-refractivity contribution in [2.45, 2.75) is 33.2 Å². The molecule has 0 aromatic carbocycles. The zero-order valence-corrected chi connectivity index (χ0v) is 10.1. The average molecular weight is 221 g/mol. The number of carbonyl (C=O) groups is 1. The summed E-state index contributed by atoms with van der Waals surface area (Å²) in [4.78, 5) is 15.6. The molecule has 4 heteroatoms. The monoisotopic (exact) mass is 221 g/mol. The summed E-state index contributed by atoms with van der Waals surface area (Å²) in [5.74, 6) is 0.602. The molecule has 1 heterocycles. The fraction of sp³-hybridized carbons (Fsp3) is 0.500. The van der Waals surface area contributed by atoms with Crippen LogP contribution in [0, 0.1) is 6.92 Å². The second-order valence-corrected chi connectivity index (χ2v) is 4.13. The average Bonchev–Trinajstić information content (AvgIpc) is 2.21. The summed E-state index contributed by atoms with van der Waals surface area (Å²) >= 11 is 0. The van der Waals surface area contributed by atoms with Crippen LogP contribution in [0.5, 0.6) is 0 Å². The van der Waals surface area contributed by atoms with Crippen molar-refractivity contribution in [3.8, 4) is 0 Å². The lowest BCUT2D eigenvalue weighted by Gasteiger charge is -2.08. The van der Waals surface area contributed by atoms with Crippen LogP contribution < -0.4 is 10.6 Å². The molecule has 0 unspecified atom stereocenters. The van der Waals surface area contributed by atoms with Crippen molar-refractivity contribution in [3.05, 3.63) is 23.9 Å². The lowest BCUT2D eigenvalue weighted by molar-refractivity contribution is -0.116. The van der Waals surface area contributed by atoms with Gasteiger partial charge in [-0.3, -0.25) is 4.79 Å².